The second-order valence-electron chi connectivity index (χ2n) is 9.41. The number of rotatable bonds is 3. The van der Waals surface area contributed by atoms with Crippen LogP contribution in [0.4, 0.5) is 31.7 Å². The maximum Gasteiger partial charge on any atom is 0.179 e. The molecule has 5 aromatic rings. The minimum atomic E-state index is -0.354. The fraction of sp³-hybridized carbons (Fsp3) is 0.0645. The zero-order valence-electron chi connectivity index (χ0n) is 20.9. The number of halogens is 2. The highest BCUT2D eigenvalue weighted by Crippen LogP contribution is 2.48. The van der Waals surface area contributed by atoms with E-state index in [9.17, 15) is 8.78 Å². The molecular weight excluding hydrogens is 494 g/mol. The lowest BCUT2D eigenvalue weighted by Crippen LogP contribution is -2.46. The van der Waals surface area contributed by atoms with E-state index in [1.54, 1.807) is 24.3 Å². The number of hydrogen-bond donors (Lipinski definition) is 1. The van der Waals surface area contributed by atoms with Gasteiger partial charge in [0.1, 0.15) is 11.6 Å². The van der Waals surface area contributed by atoms with Crippen molar-refractivity contribution in [1.82, 2.24) is 9.78 Å². The first kappa shape index (κ1) is 23.0. The van der Waals surface area contributed by atoms with Crippen LogP contribution in [0, 0.1) is 18.6 Å². The standard InChI is InChI=1S/C31H22F2N6/c1-19-27-28(20-11-13-21(32)14-12-20)38-26-10-6-5-9-25(26)35-29(34-23-17-15-22(33)16-18-23)31(38)36-30(27)39(37-19)24-7-3-2-4-8-24/h2-18,28H,1H3,(H,34,35). The number of nitrogens with one attached hydrogen (secondary N) is 1. The summed E-state index contributed by atoms with van der Waals surface area (Å²) >= 11 is 0. The van der Waals surface area contributed by atoms with Crippen molar-refractivity contribution in [3.8, 4) is 5.69 Å². The molecule has 1 aromatic heterocycles. The smallest absolute Gasteiger partial charge is 0.179 e. The second-order valence-corrected chi connectivity index (χ2v) is 9.41. The Kier molecular flexibility index (Phi) is 5.33. The first-order chi connectivity index (χ1) is 19.1. The van der Waals surface area contributed by atoms with Crippen LogP contribution in [0.1, 0.15) is 22.9 Å². The fourth-order valence-electron chi connectivity index (χ4n) is 5.18. The van der Waals surface area contributed by atoms with Crippen LogP contribution in [0.3, 0.4) is 0 Å². The number of hydrogen-bond acceptors (Lipinski definition) is 5. The molecule has 2 aliphatic heterocycles. The number of amidine groups is 2. The van der Waals surface area contributed by atoms with Crippen LogP contribution in [0.5, 0.6) is 0 Å². The number of aryl methyl sites for hydroxylation is 1. The van der Waals surface area contributed by atoms with Crippen LogP contribution in [0.15, 0.2) is 113 Å². The van der Waals surface area contributed by atoms with Crippen molar-refractivity contribution in [3.63, 3.8) is 0 Å². The summed E-state index contributed by atoms with van der Waals surface area (Å²) in [5.74, 6) is 1.14. The Bertz CT molecular complexity index is 1760. The molecule has 1 unspecified atom stereocenters. The molecule has 1 N–H and O–H groups in total. The first-order valence-electron chi connectivity index (χ1n) is 12.6. The highest BCUT2D eigenvalue weighted by Gasteiger charge is 2.41. The summed E-state index contributed by atoms with van der Waals surface area (Å²) in [6.07, 6.45) is 0. The number of benzene rings is 4. The molecule has 0 saturated carbocycles. The highest BCUT2D eigenvalue weighted by atomic mass is 19.1. The number of nitrogens with zero attached hydrogens (tertiary/aromatic N) is 5. The lowest BCUT2D eigenvalue weighted by Gasteiger charge is -2.40. The molecular formula is C31H22F2N6. The molecule has 39 heavy (non-hydrogen) atoms. The zero-order valence-corrected chi connectivity index (χ0v) is 20.9. The molecule has 1 atom stereocenters. The van der Waals surface area contributed by atoms with Gasteiger partial charge in [-0.2, -0.15) is 5.10 Å². The Labute approximate surface area is 223 Å². The summed E-state index contributed by atoms with van der Waals surface area (Å²) in [4.78, 5) is 12.2. The van der Waals surface area contributed by atoms with Crippen molar-refractivity contribution in [2.24, 2.45) is 9.98 Å². The molecule has 0 fully saturated rings. The van der Waals surface area contributed by atoms with Gasteiger partial charge in [0.25, 0.3) is 0 Å². The molecule has 8 heteroatoms. The summed E-state index contributed by atoms with van der Waals surface area (Å²) in [6, 6.07) is 30.0. The third-order valence-corrected chi connectivity index (χ3v) is 6.93. The minimum Gasteiger partial charge on any atom is -0.337 e. The second kappa shape index (κ2) is 9.02. The maximum atomic E-state index is 14.0. The van der Waals surface area contributed by atoms with Crippen LogP contribution in [-0.4, -0.2) is 21.5 Å². The number of anilines is 2. The molecule has 0 aliphatic carbocycles. The predicted molar refractivity (Wildman–Crippen MR) is 150 cm³/mol. The molecule has 0 spiro atoms. The van der Waals surface area contributed by atoms with Crippen LogP contribution in [-0.2, 0) is 0 Å². The van der Waals surface area contributed by atoms with E-state index in [1.807, 2.05) is 66.2 Å². The molecule has 0 saturated heterocycles. The molecule has 2 aliphatic rings. The molecule has 0 radical (unpaired) electrons. The number of aliphatic imine (C=N–C) groups is 2. The van der Waals surface area contributed by atoms with Crippen molar-refractivity contribution in [2.45, 2.75) is 13.0 Å². The van der Waals surface area contributed by atoms with E-state index in [4.69, 9.17) is 15.1 Å². The third-order valence-electron chi connectivity index (χ3n) is 6.93. The first-order valence-corrected chi connectivity index (χ1v) is 12.6. The molecule has 3 heterocycles. The largest absolute Gasteiger partial charge is 0.337 e. The third kappa shape index (κ3) is 3.88. The van der Waals surface area contributed by atoms with Crippen molar-refractivity contribution in [3.05, 3.63) is 132 Å². The predicted octanol–water partition coefficient (Wildman–Crippen LogP) is 7.25. The van der Waals surface area contributed by atoms with Gasteiger partial charge in [-0.3, -0.25) is 0 Å². The summed E-state index contributed by atoms with van der Waals surface area (Å²) in [5, 5.41) is 8.24. The zero-order chi connectivity index (χ0) is 26.5. The highest BCUT2D eigenvalue weighted by molar-refractivity contribution is 6.51. The quantitative estimate of drug-likeness (QED) is 0.275. The number of aromatic nitrogens is 2. The Morgan fingerprint density at radius 3 is 2.15 bits per heavy atom. The fourth-order valence-corrected chi connectivity index (χ4v) is 5.18. The summed E-state index contributed by atoms with van der Waals surface area (Å²) in [5.41, 5.74) is 5.80. The van der Waals surface area contributed by atoms with Gasteiger partial charge in [-0.25, -0.2) is 23.4 Å². The van der Waals surface area contributed by atoms with Gasteiger partial charge >= 0.3 is 0 Å². The van der Waals surface area contributed by atoms with Gasteiger partial charge in [-0.15, -0.1) is 0 Å². The van der Waals surface area contributed by atoms with Crippen molar-refractivity contribution >= 4 is 34.6 Å². The molecule has 7 rings (SSSR count). The molecule has 0 amide bonds. The Hall–Kier alpha value is -5.11. The van der Waals surface area contributed by atoms with Crippen LogP contribution >= 0.6 is 0 Å². The average Bonchev–Trinajstić information content (AvgIpc) is 3.30. The average molecular weight is 517 g/mol. The number of fused-ring (bicyclic) bond motifs is 4. The van der Waals surface area contributed by atoms with Crippen molar-refractivity contribution in [2.75, 3.05) is 10.2 Å². The van der Waals surface area contributed by atoms with E-state index in [0.717, 1.165) is 33.9 Å². The molecule has 6 nitrogen and oxygen atoms in total. The Morgan fingerprint density at radius 1 is 0.744 bits per heavy atom. The van der Waals surface area contributed by atoms with E-state index in [-0.39, 0.29) is 17.7 Å². The Balaban J connectivity index is 1.49. The van der Waals surface area contributed by atoms with Crippen LogP contribution < -0.4 is 10.2 Å². The lowest BCUT2D eigenvalue weighted by molar-refractivity contribution is 0.626. The molecule has 4 aromatic carbocycles. The normalized spacial score (nSPS) is 15.6. The SMILES string of the molecule is Cc1nn(-c2ccccc2)c2c1C(c1ccc(F)cc1)N1C(=N2)C(Nc2ccc(F)cc2)=Nc2ccccc21. The van der Waals surface area contributed by atoms with Crippen molar-refractivity contribution in [1.29, 1.82) is 0 Å². The van der Waals surface area contributed by atoms with Gasteiger partial charge in [-0.05, 0) is 73.2 Å². The van der Waals surface area contributed by atoms with E-state index in [1.165, 1.54) is 24.3 Å². The Morgan fingerprint density at radius 2 is 1.41 bits per heavy atom. The summed E-state index contributed by atoms with van der Waals surface area (Å²) in [6.45, 7) is 1.97. The van der Waals surface area contributed by atoms with E-state index in [0.29, 0.717) is 23.2 Å². The van der Waals surface area contributed by atoms with Crippen molar-refractivity contribution < 1.29 is 8.78 Å². The topological polar surface area (TPSA) is 57.8 Å². The maximum absolute atomic E-state index is 14.0. The summed E-state index contributed by atoms with van der Waals surface area (Å²) < 4.78 is 29.5. The molecule has 0 bridgehead atoms. The molecule has 190 valence electrons. The minimum absolute atomic E-state index is 0.306. The number of para-hydroxylation sites is 3. The van der Waals surface area contributed by atoms with Gasteiger partial charge in [0.15, 0.2) is 17.5 Å². The van der Waals surface area contributed by atoms with E-state index >= 15 is 0 Å². The van der Waals surface area contributed by atoms with Crippen LogP contribution in [0.2, 0.25) is 0 Å². The monoisotopic (exact) mass is 516 g/mol. The van der Waals surface area contributed by atoms with Gasteiger partial charge in [0.05, 0.1) is 28.8 Å². The lowest BCUT2D eigenvalue weighted by atomic mass is 9.93. The van der Waals surface area contributed by atoms with Gasteiger partial charge in [0, 0.05) is 11.3 Å². The van der Waals surface area contributed by atoms with Gasteiger partial charge in [0.2, 0.25) is 0 Å². The van der Waals surface area contributed by atoms with E-state index in [2.05, 4.69) is 10.2 Å². The van der Waals surface area contributed by atoms with Gasteiger partial charge < -0.3 is 10.2 Å². The van der Waals surface area contributed by atoms with E-state index < -0.39 is 0 Å². The van der Waals surface area contributed by atoms with Crippen LogP contribution in [0.25, 0.3) is 5.69 Å². The van der Waals surface area contributed by atoms with Gasteiger partial charge in [-0.1, -0.05) is 42.5 Å². The summed E-state index contributed by atoms with van der Waals surface area (Å²) in [7, 11) is 0.